The lowest BCUT2D eigenvalue weighted by atomic mass is 9.77. The van der Waals surface area contributed by atoms with Crippen molar-refractivity contribution in [3.05, 3.63) is 42.0 Å². The first-order valence-corrected chi connectivity index (χ1v) is 9.78. The lowest BCUT2D eigenvalue weighted by Gasteiger charge is -2.39. The van der Waals surface area contributed by atoms with Crippen molar-refractivity contribution in [2.75, 3.05) is 39.3 Å². The van der Waals surface area contributed by atoms with Crippen LogP contribution >= 0.6 is 0 Å². The molecule has 1 aromatic rings. The van der Waals surface area contributed by atoms with Gasteiger partial charge in [-0.25, -0.2) is 4.79 Å². The van der Waals surface area contributed by atoms with Crippen molar-refractivity contribution < 1.29 is 14.3 Å². The number of carbonyl (C=O) groups is 2. The van der Waals surface area contributed by atoms with Gasteiger partial charge < -0.3 is 15.0 Å². The quantitative estimate of drug-likeness (QED) is 0.864. The van der Waals surface area contributed by atoms with Gasteiger partial charge in [0.2, 0.25) is 5.91 Å². The lowest BCUT2D eigenvalue weighted by Crippen LogP contribution is -2.44. The Balaban J connectivity index is 1.26. The van der Waals surface area contributed by atoms with Crippen LogP contribution in [-0.2, 0) is 9.53 Å². The number of rotatable bonds is 5. The van der Waals surface area contributed by atoms with E-state index in [-0.39, 0.29) is 23.5 Å². The van der Waals surface area contributed by atoms with Crippen LogP contribution in [0.4, 0.5) is 4.79 Å². The number of hydrogen-bond acceptors (Lipinski definition) is 4. The Morgan fingerprint density at radius 1 is 1.19 bits per heavy atom. The van der Waals surface area contributed by atoms with Crippen molar-refractivity contribution in [2.45, 2.75) is 25.4 Å². The van der Waals surface area contributed by atoms with E-state index in [0.29, 0.717) is 19.5 Å². The third kappa shape index (κ3) is 4.33. The highest BCUT2D eigenvalue weighted by atomic mass is 16.6. The molecule has 1 N–H and O–H groups in total. The molecule has 6 nitrogen and oxygen atoms in total. The van der Waals surface area contributed by atoms with Crippen LogP contribution < -0.4 is 5.32 Å². The molecule has 1 spiro atoms. The smallest absolute Gasteiger partial charge is 0.407 e. The van der Waals surface area contributed by atoms with Gasteiger partial charge in [-0.2, -0.15) is 0 Å². The van der Waals surface area contributed by atoms with Gasteiger partial charge in [-0.1, -0.05) is 42.5 Å². The summed E-state index contributed by atoms with van der Waals surface area (Å²) in [4.78, 5) is 28.0. The molecule has 0 aromatic heterocycles. The fraction of sp³-hybridized carbons (Fsp3) is 0.524. The van der Waals surface area contributed by atoms with Gasteiger partial charge >= 0.3 is 6.09 Å². The van der Waals surface area contributed by atoms with Gasteiger partial charge in [0.15, 0.2) is 0 Å². The number of cyclic esters (lactones) is 1. The van der Waals surface area contributed by atoms with Crippen LogP contribution in [-0.4, -0.2) is 67.2 Å². The summed E-state index contributed by atoms with van der Waals surface area (Å²) in [6.07, 6.45) is 6.54. The van der Waals surface area contributed by atoms with Gasteiger partial charge in [0, 0.05) is 26.1 Å². The number of benzene rings is 1. The maximum atomic E-state index is 12.5. The van der Waals surface area contributed by atoms with Crippen LogP contribution in [0.5, 0.6) is 0 Å². The van der Waals surface area contributed by atoms with Crippen molar-refractivity contribution in [3.63, 3.8) is 0 Å². The summed E-state index contributed by atoms with van der Waals surface area (Å²) in [5.74, 6) is 0.273. The number of nitrogens with one attached hydrogen (secondary N) is 1. The summed E-state index contributed by atoms with van der Waals surface area (Å²) in [5, 5.41) is 2.71. The van der Waals surface area contributed by atoms with Crippen LogP contribution in [0.25, 0.3) is 6.08 Å². The summed E-state index contributed by atoms with van der Waals surface area (Å²) in [7, 11) is 0. The normalized spacial score (nSPS) is 25.3. The summed E-state index contributed by atoms with van der Waals surface area (Å²) in [5.41, 5.74) is 1.29. The number of carbonyl (C=O) groups excluding carboxylic acids is 2. The maximum absolute atomic E-state index is 12.5. The molecule has 4 rings (SSSR count). The molecule has 0 saturated carbocycles. The lowest BCUT2D eigenvalue weighted by molar-refractivity contribution is -0.127. The summed E-state index contributed by atoms with van der Waals surface area (Å²) in [6.45, 7) is 4.86. The summed E-state index contributed by atoms with van der Waals surface area (Å²) < 4.78 is 5.23. The van der Waals surface area contributed by atoms with Gasteiger partial charge in [-0.3, -0.25) is 9.69 Å². The Morgan fingerprint density at radius 2 is 1.96 bits per heavy atom. The van der Waals surface area contributed by atoms with Gasteiger partial charge in [-0.15, -0.1) is 0 Å². The zero-order valence-electron chi connectivity index (χ0n) is 15.6. The SMILES string of the molecule is O=C1NC[C@@H](CN2CCC3(CC2)CC(=O)N(C/C=C/c2ccccc2)C3)O1. The molecule has 6 heteroatoms. The number of alkyl carbamates (subject to hydrolysis) is 1. The first-order valence-electron chi connectivity index (χ1n) is 9.78. The van der Waals surface area contributed by atoms with E-state index in [1.807, 2.05) is 23.1 Å². The largest absolute Gasteiger partial charge is 0.443 e. The molecule has 1 atom stereocenters. The van der Waals surface area contributed by atoms with Crippen molar-refractivity contribution in [1.82, 2.24) is 15.1 Å². The van der Waals surface area contributed by atoms with Crippen LogP contribution in [0, 0.1) is 5.41 Å². The first-order chi connectivity index (χ1) is 13.1. The van der Waals surface area contributed by atoms with Crippen molar-refractivity contribution in [2.24, 2.45) is 5.41 Å². The Morgan fingerprint density at radius 3 is 2.67 bits per heavy atom. The minimum atomic E-state index is -0.311. The molecule has 0 bridgehead atoms. The van der Waals surface area contributed by atoms with E-state index in [0.717, 1.165) is 44.6 Å². The third-order valence-corrected chi connectivity index (χ3v) is 5.97. The Hall–Kier alpha value is -2.34. The molecule has 0 aliphatic carbocycles. The third-order valence-electron chi connectivity index (χ3n) is 5.97. The molecule has 3 fully saturated rings. The second-order valence-corrected chi connectivity index (χ2v) is 7.97. The van der Waals surface area contributed by atoms with E-state index in [1.165, 1.54) is 0 Å². The molecule has 2 amide bonds. The molecular weight excluding hydrogens is 342 g/mol. The average Bonchev–Trinajstić information content (AvgIpc) is 3.21. The Labute approximate surface area is 160 Å². The topological polar surface area (TPSA) is 61.9 Å². The molecule has 0 unspecified atom stereocenters. The predicted molar refractivity (Wildman–Crippen MR) is 103 cm³/mol. The van der Waals surface area contributed by atoms with E-state index >= 15 is 0 Å². The molecule has 3 heterocycles. The highest BCUT2D eigenvalue weighted by Gasteiger charge is 2.44. The van der Waals surface area contributed by atoms with Crippen LogP contribution in [0.2, 0.25) is 0 Å². The van der Waals surface area contributed by atoms with E-state index in [4.69, 9.17) is 4.74 Å². The number of likely N-dealkylation sites (tertiary alicyclic amines) is 2. The Kier molecular flexibility index (Phi) is 5.16. The second kappa shape index (κ2) is 7.72. The minimum Gasteiger partial charge on any atom is -0.443 e. The number of nitrogens with zero attached hydrogens (tertiary/aromatic N) is 2. The van der Waals surface area contributed by atoms with E-state index in [1.54, 1.807) is 0 Å². The molecule has 1 aromatic carbocycles. The van der Waals surface area contributed by atoms with Gasteiger partial charge in [0.05, 0.1) is 6.54 Å². The summed E-state index contributed by atoms with van der Waals surface area (Å²) >= 11 is 0. The van der Waals surface area contributed by atoms with E-state index < -0.39 is 0 Å². The number of amides is 2. The van der Waals surface area contributed by atoms with Crippen molar-refractivity contribution in [1.29, 1.82) is 0 Å². The van der Waals surface area contributed by atoms with E-state index in [9.17, 15) is 9.59 Å². The monoisotopic (exact) mass is 369 g/mol. The second-order valence-electron chi connectivity index (χ2n) is 7.97. The van der Waals surface area contributed by atoms with E-state index in [2.05, 4.69) is 34.5 Å². The molecule has 3 aliphatic heterocycles. The summed E-state index contributed by atoms with van der Waals surface area (Å²) in [6, 6.07) is 10.2. The predicted octanol–water partition coefficient (Wildman–Crippen LogP) is 2.12. The zero-order valence-corrected chi connectivity index (χ0v) is 15.6. The fourth-order valence-electron chi connectivity index (χ4n) is 4.39. The highest BCUT2D eigenvalue weighted by Crippen LogP contribution is 2.41. The fourth-order valence-corrected chi connectivity index (χ4v) is 4.39. The van der Waals surface area contributed by atoms with Crippen molar-refractivity contribution in [3.8, 4) is 0 Å². The van der Waals surface area contributed by atoms with Crippen molar-refractivity contribution >= 4 is 18.1 Å². The maximum Gasteiger partial charge on any atom is 0.407 e. The minimum absolute atomic E-state index is 0.0450. The molecular formula is C21H27N3O3. The molecule has 27 heavy (non-hydrogen) atoms. The van der Waals surface area contributed by atoms with Crippen LogP contribution in [0.1, 0.15) is 24.8 Å². The standard InChI is InChI=1S/C21H27N3O3/c25-19-13-21(16-24(19)10-4-7-17-5-2-1-3-6-17)8-11-23(12-9-21)15-18-14-22-20(26)27-18/h1-7,18H,8-16H2,(H,22,26)/b7-4+/t18-/m0/s1. The number of hydrogen-bond donors (Lipinski definition) is 1. The van der Waals surface area contributed by atoms with Gasteiger partial charge in [0.1, 0.15) is 6.10 Å². The molecule has 3 saturated heterocycles. The van der Waals surface area contributed by atoms with Crippen LogP contribution in [0.15, 0.2) is 36.4 Å². The number of piperidine rings is 1. The molecule has 144 valence electrons. The molecule has 0 radical (unpaired) electrons. The van der Waals surface area contributed by atoms with Crippen LogP contribution in [0.3, 0.4) is 0 Å². The Bertz CT molecular complexity index is 711. The van der Waals surface area contributed by atoms with Gasteiger partial charge in [-0.05, 0) is 36.9 Å². The highest BCUT2D eigenvalue weighted by molar-refractivity contribution is 5.79. The zero-order chi connectivity index (χ0) is 18.7. The van der Waals surface area contributed by atoms with Gasteiger partial charge in [0.25, 0.3) is 0 Å². The molecule has 3 aliphatic rings. The average molecular weight is 369 g/mol. The number of ether oxygens (including phenoxy) is 1. The first kappa shape index (κ1) is 18.0.